The molecule has 0 fully saturated rings. The Bertz CT molecular complexity index is 1280. The number of H-pyrrole nitrogens is 1. The molecule has 150 valence electrons. The Balaban J connectivity index is 1.58. The summed E-state index contributed by atoms with van der Waals surface area (Å²) in [5, 5.41) is 9.10. The number of aliphatic hydroxyl groups excluding tert-OH is 1. The fourth-order valence-corrected chi connectivity index (χ4v) is 3.99. The van der Waals surface area contributed by atoms with Gasteiger partial charge in [-0.05, 0) is 41.5 Å². The van der Waals surface area contributed by atoms with Gasteiger partial charge in [0.25, 0.3) is 0 Å². The first-order valence-electron chi connectivity index (χ1n) is 9.13. The molecule has 0 unspecified atom stereocenters. The van der Waals surface area contributed by atoms with Crippen LogP contribution in [0.2, 0.25) is 4.34 Å². The molecule has 0 atom stereocenters. The number of ketones is 1. The largest absolute Gasteiger partial charge is 0.392 e. The number of rotatable bonds is 6. The Morgan fingerprint density at radius 3 is 2.63 bits per heavy atom. The van der Waals surface area contributed by atoms with Crippen LogP contribution in [-0.4, -0.2) is 20.4 Å². The number of benzene rings is 2. The van der Waals surface area contributed by atoms with Crippen molar-refractivity contribution in [2.24, 2.45) is 0 Å². The summed E-state index contributed by atoms with van der Waals surface area (Å²) in [4.78, 5) is 28.7. The maximum Gasteiger partial charge on any atom is 0.330 e. The van der Waals surface area contributed by atoms with Crippen LogP contribution in [0.25, 0.3) is 22.3 Å². The number of aliphatic hydroxyl groups is 1. The highest BCUT2D eigenvalue weighted by Gasteiger charge is 2.11. The van der Waals surface area contributed by atoms with Crippen LogP contribution >= 0.6 is 22.9 Å². The Morgan fingerprint density at radius 2 is 1.93 bits per heavy atom. The topological polar surface area (TPSA) is 75.1 Å². The average Bonchev–Trinajstić information content (AvgIpc) is 3.38. The number of nitrogens with zero attached hydrogens (tertiary/aromatic N) is 1. The second-order valence-electron chi connectivity index (χ2n) is 6.59. The summed E-state index contributed by atoms with van der Waals surface area (Å²) < 4.78 is 2.11. The van der Waals surface area contributed by atoms with Crippen molar-refractivity contribution in [2.45, 2.75) is 6.61 Å². The Morgan fingerprint density at radius 1 is 1.13 bits per heavy atom. The fourth-order valence-electron chi connectivity index (χ4n) is 2.98. The molecule has 0 spiro atoms. The first-order valence-corrected chi connectivity index (χ1v) is 10.3. The van der Waals surface area contributed by atoms with Gasteiger partial charge in [-0.2, -0.15) is 0 Å². The van der Waals surface area contributed by atoms with Crippen LogP contribution in [0.1, 0.15) is 21.5 Å². The zero-order chi connectivity index (χ0) is 21.1. The van der Waals surface area contributed by atoms with Crippen molar-refractivity contribution in [1.29, 1.82) is 0 Å². The van der Waals surface area contributed by atoms with Gasteiger partial charge in [0.05, 0.1) is 27.2 Å². The molecule has 2 heterocycles. The maximum atomic E-state index is 12.6. The van der Waals surface area contributed by atoms with E-state index in [0.717, 1.165) is 16.0 Å². The van der Waals surface area contributed by atoms with E-state index < -0.39 is 0 Å². The van der Waals surface area contributed by atoms with E-state index in [1.165, 1.54) is 22.0 Å². The number of carbonyl (C=O) groups excluding carboxylic acids is 1. The van der Waals surface area contributed by atoms with Gasteiger partial charge in [-0.25, -0.2) is 4.79 Å². The van der Waals surface area contributed by atoms with E-state index in [-0.39, 0.29) is 18.1 Å². The Labute approximate surface area is 181 Å². The molecular formula is C23H17ClN2O3S. The van der Waals surface area contributed by atoms with Crippen LogP contribution in [-0.2, 0) is 6.61 Å². The molecule has 0 aliphatic carbocycles. The summed E-state index contributed by atoms with van der Waals surface area (Å²) in [6.45, 7) is -0.0184. The van der Waals surface area contributed by atoms with Gasteiger partial charge in [-0.3, -0.25) is 9.36 Å². The second-order valence-corrected chi connectivity index (χ2v) is 8.31. The molecular weight excluding hydrogens is 420 g/mol. The molecule has 30 heavy (non-hydrogen) atoms. The minimum Gasteiger partial charge on any atom is -0.392 e. The van der Waals surface area contributed by atoms with Crippen LogP contribution in [0.3, 0.4) is 0 Å². The lowest BCUT2D eigenvalue weighted by Crippen LogP contribution is -2.14. The third kappa shape index (κ3) is 4.36. The normalized spacial score (nSPS) is 11.3. The molecule has 0 saturated carbocycles. The van der Waals surface area contributed by atoms with Crippen LogP contribution in [0.5, 0.6) is 0 Å². The highest BCUT2D eigenvalue weighted by Crippen LogP contribution is 2.29. The molecule has 0 saturated heterocycles. The quantitative estimate of drug-likeness (QED) is 0.332. The lowest BCUT2D eigenvalue weighted by molar-refractivity contribution is 0.104. The Kier molecular flexibility index (Phi) is 5.81. The number of hydrogen-bond donors (Lipinski definition) is 2. The molecule has 5 nitrogen and oxygen atoms in total. The smallest absolute Gasteiger partial charge is 0.330 e. The number of aromatic nitrogens is 2. The van der Waals surface area contributed by atoms with Crippen molar-refractivity contribution in [1.82, 2.24) is 9.55 Å². The molecule has 0 aliphatic rings. The lowest BCUT2D eigenvalue weighted by Gasteiger charge is -2.03. The summed E-state index contributed by atoms with van der Waals surface area (Å²) in [6, 6.07) is 17.8. The van der Waals surface area contributed by atoms with E-state index in [2.05, 4.69) is 4.98 Å². The predicted molar refractivity (Wildman–Crippen MR) is 120 cm³/mol. The van der Waals surface area contributed by atoms with E-state index in [0.29, 0.717) is 21.3 Å². The van der Waals surface area contributed by atoms with Gasteiger partial charge in [-0.1, -0.05) is 54.1 Å². The Hall–Kier alpha value is -3.19. The van der Waals surface area contributed by atoms with Crippen LogP contribution in [0.15, 0.2) is 77.7 Å². The highest BCUT2D eigenvalue weighted by molar-refractivity contribution is 7.19. The molecule has 7 heteroatoms. The molecule has 0 aliphatic heterocycles. The lowest BCUT2D eigenvalue weighted by atomic mass is 10.1. The second kappa shape index (κ2) is 8.67. The van der Waals surface area contributed by atoms with Gasteiger partial charge >= 0.3 is 5.69 Å². The van der Waals surface area contributed by atoms with Crippen LogP contribution < -0.4 is 5.69 Å². The third-order valence-corrected chi connectivity index (χ3v) is 5.82. The summed E-state index contributed by atoms with van der Waals surface area (Å²) >= 11 is 7.36. The summed E-state index contributed by atoms with van der Waals surface area (Å²) in [7, 11) is 0. The summed E-state index contributed by atoms with van der Waals surface area (Å²) in [5.41, 5.74) is 3.12. The molecule has 0 bridgehead atoms. The molecule has 2 N–H and O–H groups in total. The number of nitrogens with one attached hydrogen (secondary N) is 1. The van der Waals surface area contributed by atoms with E-state index >= 15 is 0 Å². The minimum absolute atomic E-state index is 0.0184. The number of hydrogen-bond acceptors (Lipinski definition) is 4. The number of aromatic amines is 1. The van der Waals surface area contributed by atoms with Crippen LogP contribution in [0.4, 0.5) is 0 Å². The summed E-state index contributed by atoms with van der Waals surface area (Å²) in [5.74, 6) is -0.170. The van der Waals surface area contributed by atoms with Gasteiger partial charge < -0.3 is 10.1 Å². The summed E-state index contributed by atoms with van der Waals surface area (Å²) in [6.07, 6.45) is 4.91. The van der Waals surface area contributed by atoms with Crippen molar-refractivity contribution in [3.8, 4) is 16.3 Å². The standard InChI is InChI=1S/C23H17ClN2O3S/c24-22-11-10-21(30-22)19-13-26(23(29)25-19)18-3-1-2-17(12-18)20(28)9-8-15-4-6-16(14-27)7-5-15/h1-13,27H,14H2,(H,25,29). The molecule has 4 aromatic rings. The van der Waals surface area contributed by atoms with Crippen LogP contribution in [0, 0.1) is 0 Å². The minimum atomic E-state index is -0.293. The first kappa shape index (κ1) is 20.1. The number of imidazole rings is 1. The SMILES string of the molecule is O=C(C=Cc1ccc(CO)cc1)c1cccc(-n2cc(-c3ccc(Cl)s3)[nH]c2=O)c1. The van der Waals surface area contributed by atoms with Crippen molar-refractivity contribution in [2.75, 3.05) is 0 Å². The van der Waals surface area contributed by atoms with Gasteiger partial charge in [0.1, 0.15) is 0 Å². The van der Waals surface area contributed by atoms with E-state index in [1.807, 2.05) is 18.2 Å². The van der Waals surface area contributed by atoms with Crippen molar-refractivity contribution >= 4 is 34.8 Å². The zero-order valence-corrected chi connectivity index (χ0v) is 17.3. The number of carbonyl (C=O) groups is 1. The van der Waals surface area contributed by atoms with Gasteiger partial charge in [-0.15, -0.1) is 11.3 Å². The van der Waals surface area contributed by atoms with Gasteiger partial charge in [0.2, 0.25) is 0 Å². The number of allylic oxidation sites excluding steroid dienone is 1. The van der Waals surface area contributed by atoms with E-state index in [1.54, 1.807) is 54.7 Å². The van der Waals surface area contributed by atoms with Crippen molar-refractivity contribution in [3.05, 3.63) is 104 Å². The fraction of sp³-hybridized carbons (Fsp3) is 0.0435. The third-order valence-electron chi connectivity index (χ3n) is 4.56. The van der Waals surface area contributed by atoms with Crippen molar-refractivity contribution < 1.29 is 9.90 Å². The zero-order valence-electron chi connectivity index (χ0n) is 15.7. The van der Waals surface area contributed by atoms with E-state index in [4.69, 9.17) is 16.7 Å². The number of thiophene rings is 1. The molecule has 2 aromatic heterocycles. The molecule has 0 amide bonds. The predicted octanol–water partition coefficient (Wildman–Crippen LogP) is 4.94. The van der Waals surface area contributed by atoms with Crippen molar-refractivity contribution in [3.63, 3.8) is 0 Å². The molecule has 4 rings (SSSR count). The van der Waals surface area contributed by atoms with Gasteiger partial charge in [0.15, 0.2) is 5.78 Å². The number of halogens is 1. The van der Waals surface area contributed by atoms with E-state index in [9.17, 15) is 9.59 Å². The monoisotopic (exact) mass is 436 g/mol. The average molecular weight is 437 g/mol. The maximum absolute atomic E-state index is 12.6. The molecule has 2 aromatic carbocycles. The van der Waals surface area contributed by atoms with Gasteiger partial charge in [0, 0.05) is 11.8 Å². The first-order chi connectivity index (χ1) is 14.5. The highest BCUT2D eigenvalue weighted by atomic mass is 35.5. The molecule has 0 radical (unpaired) electrons.